The summed E-state index contributed by atoms with van der Waals surface area (Å²) in [7, 11) is 1.82. The lowest BCUT2D eigenvalue weighted by atomic mass is 10.1. The molecule has 0 saturated carbocycles. The van der Waals surface area contributed by atoms with Crippen LogP contribution in [0.5, 0.6) is 0 Å². The zero-order chi connectivity index (χ0) is 17.0. The molecule has 0 saturated heterocycles. The van der Waals surface area contributed by atoms with Crippen molar-refractivity contribution in [3.63, 3.8) is 0 Å². The van der Waals surface area contributed by atoms with Crippen molar-refractivity contribution in [1.82, 2.24) is 20.2 Å². The average molecular weight is 334 g/mol. The number of anilines is 2. The lowest BCUT2D eigenvalue weighted by Gasteiger charge is -2.17. The summed E-state index contributed by atoms with van der Waals surface area (Å²) >= 11 is 1.42. The fraction of sp³-hybridized carbons (Fsp3) is 0.533. The second-order valence-electron chi connectivity index (χ2n) is 5.92. The first-order chi connectivity index (χ1) is 10.8. The van der Waals surface area contributed by atoms with Gasteiger partial charge in [0.15, 0.2) is 0 Å². The van der Waals surface area contributed by atoms with Gasteiger partial charge in [0.1, 0.15) is 16.6 Å². The number of likely N-dealkylation sites (N-methyl/N-ethyl adjacent to an activating group) is 1. The first kappa shape index (κ1) is 17.3. The molecule has 2 aromatic rings. The molecule has 2 heterocycles. The van der Waals surface area contributed by atoms with Crippen molar-refractivity contribution in [1.29, 1.82) is 0 Å². The third kappa shape index (κ3) is 5.24. The van der Waals surface area contributed by atoms with E-state index in [1.165, 1.54) is 11.3 Å². The van der Waals surface area contributed by atoms with Crippen LogP contribution in [0.2, 0.25) is 0 Å². The van der Waals surface area contributed by atoms with E-state index in [9.17, 15) is 4.79 Å². The lowest BCUT2D eigenvalue weighted by Crippen LogP contribution is -2.30. The van der Waals surface area contributed by atoms with Crippen molar-refractivity contribution in [2.24, 2.45) is 5.92 Å². The minimum Gasteiger partial charge on any atom is -0.350 e. The molecular weight excluding hydrogens is 312 g/mol. The van der Waals surface area contributed by atoms with Crippen molar-refractivity contribution in [2.45, 2.75) is 34.1 Å². The van der Waals surface area contributed by atoms with Crippen LogP contribution < -0.4 is 10.2 Å². The van der Waals surface area contributed by atoms with Crippen LogP contribution in [0.25, 0.3) is 0 Å². The first-order valence-corrected chi connectivity index (χ1v) is 8.30. The van der Waals surface area contributed by atoms with Crippen molar-refractivity contribution < 1.29 is 4.79 Å². The Morgan fingerprint density at radius 3 is 2.70 bits per heavy atom. The molecule has 0 aliphatic heterocycles. The number of nitrogens with zero attached hydrogens (tertiary/aromatic N) is 5. The number of amides is 1. The highest BCUT2D eigenvalue weighted by molar-refractivity contribution is 7.15. The highest BCUT2D eigenvalue weighted by atomic mass is 32.1. The molecule has 0 radical (unpaired) electrons. The number of carbonyl (C=O) groups excluding carboxylic acids is 1. The van der Waals surface area contributed by atoms with Gasteiger partial charge in [0, 0.05) is 25.2 Å². The van der Waals surface area contributed by atoms with Crippen LogP contribution in [0.3, 0.4) is 0 Å². The highest BCUT2D eigenvalue weighted by Gasteiger charge is 2.13. The third-order valence-corrected chi connectivity index (χ3v) is 3.88. The molecule has 0 unspecified atom stereocenters. The van der Waals surface area contributed by atoms with Crippen LogP contribution in [0, 0.1) is 19.8 Å². The van der Waals surface area contributed by atoms with E-state index in [1.54, 1.807) is 4.90 Å². The van der Waals surface area contributed by atoms with E-state index in [0.717, 1.165) is 22.9 Å². The molecule has 0 aromatic carbocycles. The number of aromatic nitrogens is 4. The maximum Gasteiger partial charge on any atom is 0.245 e. The largest absolute Gasteiger partial charge is 0.350 e. The summed E-state index contributed by atoms with van der Waals surface area (Å²) in [5, 5.41) is 12.4. The summed E-state index contributed by atoms with van der Waals surface area (Å²) in [6.07, 6.45) is 0.868. The van der Waals surface area contributed by atoms with Crippen LogP contribution in [0.15, 0.2) is 6.07 Å². The van der Waals surface area contributed by atoms with Gasteiger partial charge in [0.05, 0.1) is 6.54 Å². The molecule has 0 bridgehead atoms. The van der Waals surface area contributed by atoms with Gasteiger partial charge in [0.25, 0.3) is 0 Å². The van der Waals surface area contributed by atoms with E-state index >= 15 is 0 Å². The predicted octanol–water partition coefficient (Wildman–Crippen LogP) is 2.22. The summed E-state index contributed by atoms with van der Waals surface area (Å²) in [5.74, 6) is 1.79. The van der Waals surface area contributed by atoms with Gasteiger partial charge in [-0.25, -0.2) is 9.97 Å². The second kappa shape index (κ2) is 7.45. The van der Waals surface area contributed by atoms with Crippen LogP contribution in [-0.2, 0) is 11.2 Å². The molecular formula is C15H22N6OS. The van der Waals surface area contributed by atoms with E-state index in [2.05, 4.69) is 39.3 Å². The quantitative estimate of drug-likeness (QED) is 0.872. The van der Waals surface area contributed by atoms with Gasteiger partial charge < -0.3 is 4.90 Å². The molecule has 23 heavy (non-hydrogen) atoms. The fourth-order valence-corrected chi connectivity index (χ4v) is 3.05. The highest BCUT2D eigenvalue weighted by Crippen LogP contribution is 2.18. The topological polar surface area (TPSA) is 83.9 Å². The molecule has 0 fully saturated rings. The van der Waals surface area contributed by atoms with Gasteiger partial charge in [-0.1, -0.05) is 25.2 Å². The van der Waals surface area contributed by atoms with Crippen LogP contribution in [0.4, 0.5) is 10.9 Å². The lowest BCUT2D eigenvalue weighted by molar-refractivity contribution is -0.114. The Bertz CT molecular complexity index is 664. The van der Waals surface area contributed by atoms with Gasteiger partial charge in [-0.2, -0.15) is 0 Å². The summed E-state index contributed by atoms with van der Waals surface area (Å²) in [5.41, 5.74) is 0.877. The fourth-order valence-electron chi connectivity index (χ4n) is 2.08. The van der Waals surface area contributed by atoms with Crippen molar-refractivity contribution in [3.05, 3.63) is 22.6 Å². The molecule has 1 N–H and O–H groups in total. The molecule has 0 aliphatic carbocycles. The monoisotopic (exact) mass is 334 g/mol. The summed E-state index contributed by atoms with van der Waals surface area (Å²) < 4.78 is 0. The number of aryl methyl sites for hydroxylation is 2. The van der Waals surface area contributed by atoms with Gasteiger partial charge in [0.2, 0.25) is 11.0 Å². The van der Waals surface area contributed by atoms with Gasteiger partial charge in [-0.15, -0.1) is 10.2 Å². The summed E-state index contributed by atoms with van der Waals surface area (Å²) in [6.45, 7) is 8.18. The Hall–Kier alpha value is -2.09. The maximum absolute atomic E-state index is 12.1. The molecule has 0 atom stereocenters. The summed E-state index contributed by atoms with van der Waals surface area (Å²) in [4.78, 5) is 22.5. The van der Waals surface area contributed by atoms with Gasteiger partial charge in [-0.05, 0) is 19.8 Å². The Kier molecular flexibility index (Phi) is 5.59. The molecule has 8 heteroatoms. The number of hydrogen-bond donors (Lipinski definition) is 1. The molecule has 1 amide bonds. The number of carbonyl (C=O) groups is 1. The van der Waals surface area contributed by atoms with E-state index in [0.29, 0.717) is 16.9 Å². The molecule has 2 rings (SSSR count). The van der Waals surface area contributed by atoms with E-state index in [1.807, 2.05) is 27.0 Å². The van der Waals surface area contributed by atoms with Crippen molar-refractivity contribution in [3.8, 4) is 0 Å². The smallest absolute Gasteiger partial charge is 0.245 e. The Labute approximate surface area is 140 Å². The number of nitrogens with one attached hydrogen (secondary N) is 1. The maximum atomic E-state index is 12.1. The standard InChI is InChI=1S/C15H22N6OS/c1-9(2)6-14-19-20-15(23-14)18-13(22)8-21(5)12-7-10(3)16-11(4)17-12/h7,9H,6,8H2,1-5H3,(H,18,20,22). The first-order valence-electron chi connectivity index (χ1n) is 7.49. The minimum absolute atomic E-state index is 0.145. The van der Waals surface area contributed by atoms with Crippen LogP contribution in [0.1, 0.15) is 30.4 Å². The summed E-state index contributed by atoms with van der Waals surface area (Å²) in [6, 6.07) is 1.85. The van der Waals surface area contributed by atoms with Gasteiger partial charge >= 0.3 is 0 Å². The van der Waals surface area contributed by atoms with Crippen molar-refractivity contribution in [2.75, 3.05) is 23.8 Å². The Morgan fingerprint density at radius 1 is 1.30 bits per heavy atom. The van der Waals surface area contributed by atoms with E-state index in [4.69, 9.17) is 0 Å². The minimum atomic E-state index is -0.145. The number of hydrogen-bond acceptors (Lipinski definition) is 7. The molecule has 124 valence electrons. The Morgan fingerprint density at radius 2 is 2.04 bits per heavy atom. The van der Waals surface area contributed by atoms with Crippen LogP contribution in [-0.4, -0.2) is 39.7 Å². The predicted molar refractivity (Wildman–Crippen MR) is 91.9 cm³/mol. The van der Waals surface area contributed by atoms with E-state index < -0.39 is 0 Å². The SMILES string of the molecule is Cc1cc(N(C)CC(=O)Nc2nnc(CC(C)C)s2)nc(C)n1. The molecule has 0 spiro atoms. The van der Waals surface area contributed by atoms with E-state index in [-0.39, 0.29) is 12.5 Å². The molecule has 7 nitrogen and oxygen atoms in total. The number of rotatable bonds is 6. The zero-order valence-electron chi connectivity index (χ0n) is 14.1. The van der Waals surface area contributed by atoms with Crippen LogP contribution >= 0.6 is 11.3 Å². The van der Waals surface area contributed by atoms with Crippen molar-refractivity contribution >= 4 is 28.2 Å². The Balaban J connectivity index is 1.94. The second-order valence-corrected chi connectivity index (χ2v) is 6.98. The third-order valence-electron chi connectivity index (χ3n) is 3.02. The zero-order valence-corrected chi connectivity index (χ0v) is 14.9. The normalized spacial score (nSPS) is 10.9. The molecule has 0 aliphatic rings. The van der Waals surface area contributed by atoms with Gasteiger partial charge in [-0.3, -0.25) is 10.1 Å². The average Bonchev–Trinajstić information content (AvgIpc) is 2.83. The molecule has 2 aromatic heterocycles.